The van der Waals surface area contributed by atoms with Gasteiger partial charge < -0.3 is 20.1 Å². The van der Waals surface area contributed by atoms with Gasteiger partial charge in [-0.15, -0.1) is 0 Å². The quantitative estimate of drug-likeness (QED) is 0.567. The highest BCUT2D eigenvalue weighted by Gasteiger charge is 2.37. The van der Waals surface area contributed by atoms with E-state index < -0.39 is 17.5 Å². The first-order valence-corrected chi connectivity index (χ1v) is 11.2. The third-order valence-corrected chi connectivity index (χ3v) is 6.20. The van der Waals surface area contributed by atoms with Crippen molar-refractivity contribution in [3.8, 4) is 11.3 Å². The lowest BCUT2D eigenvalue weighted by Crippen LogP contribution is -2.36. The zero-order chi connectivity index (χ0) is 23.8. The summed E-state index contributed by atoms with van der Waals surface area (Å²) in [6, 6.07) is 12.0. The van der Waals surface area contributed by atoms with Crippen molar-refractivity contribution in [3.63, 3.8) is 0 Å². The molecular weight excluding hydrogens is 447 g/mol. The number of alkyl halides is 3. The van der Waals surface area contributed by atoms with Crippen LogP contribution in [-0.2, 0) is 16.5 Å². The molecule has 1 saturated carbocycles. The monoisotopic (exact) mass is 471 g/mol. The molecular formula is C24H24F3N5O2. The first-order chi connectivity index (χ1) is 16.3. The van der Waals surface area contributed by atoms with Gasteiger partial charge in [-0.25, -0.2) is 15.0 Å². The minimum absolute atomic E-state index is 0.148. The SMILES string of the molecule is OC1(c2cccc(-c3cc(Nc4nccc(C(F)(F)F)n4)cc(N4CCOCC4)c3)n2)CCC1. The zero-order valence-corrected chi connectivity index (χ0v) is 18.3. The standard InChI is InChI=1S/C24H24F3N5O2/c25-24(26,27)21-5-8-28-22(31-21)29-17-13-16(14-18(15-17)32-9-11-34-12-10-32)19-3-1-4-20(30-19)23(33)6-2-7-23/h1,3-5,8,13-15,33H,2,6-7,9-12H2,(H,28,29,31). The molecule has 1 aromatic carbocycles. The molecule has 2 aliphatic rings. The fourth-order valence-corrected chi connectivity index (χ4v) is 4.16. The van der Waals surface area contributed by atoms with Gasteiger partial charge in [0.15, 0.2) is 0 Å². The van der Waals surface area contributed by atoms with Crippen LogP contribution in [0.25, 0.3) is 11.3 Å². The highest BCUT2D eigenvalue weighted by molar-refractivity contribution is 5.74. The summed E-state index contributed by atoms with van der Waals surface area (Å²) in [5, 5.41) is 13.7. The molecule has 10 heteroatoms. The van der Waals surface area contributed by atoms with Gasteiger partial charge in [-0.05, 0) is 55.7 Å². The smallest absolute Gasteiger partial charge is 0.384 e. The molecule has 5 rings (SSSR count). The molecule has 3 aromatic rings. The van der Waals surface area contributed by atoms with Gasteiger partial charge in [-0.1, -0.05) is 6.07 Å². The van der Waals surface area contributed by atoms with Gasteiger partial charge in [0.05, 0.1) is 24.6 Å². The molecule has 3 heterocycles. The number of hydrogen-bond acceptors (Lipinski definition) is 7. The number of benzene rings is 1. The lowest BCUT2D eigenvalue weighted by Gasteiger charge is -2.36. The number of aromatic nitrogens is 3. The Bertz CT molecular complexity index is 1180. The third-order valence-electron chi connectivity index (χ3n) is 6.20. The summed E-state index contributed by atoms with van der Waals surface area (Å²) >= 11 is 0. The average molecular weight is 471 g/mol. The molecule has 2 aromatic heterocycles. The van der Waals surface area contributed by atoms with Gasteiger partial charge in [-0.2, -0.15) is 13.2 Å². The number of aliphatic hydroxyl groups is 1. The molecule has 2 fully saturated rings. The summed E-state index contributed by atoms with van der Waals surface area (Å²) in [5.74, 6) is -0.148. The number of halogens is 3. The molecule has 0 unspecified atom stereocenters. The Morgan fingerprint density at radius 1 is 1.03 bits per heavy atom. The second kappa shape index (κ2) is 8.84. The molecule has 0 amide bonds. The minimum atomic E-state index is -4.56. The second-order valence-corrected chi connectivity index (χ2v) is 8.55. The predicted molar refractivity (Wildman–Crippen MR) is 121 cm³/mol. The largest absolute Gasteiger partial charge is 0.433 e. The third kappa shape index (κ3) is 4.69. The number of morpholine rings is 1. The summed E-state index contributed by atoms with van der Waals surface area (Å²) in [5.41, 5.74) is 1.56. The number of pyridine rings is 1. The van der Waals surface area contributed by atoms with Crippen LogP contribution in [0, 0.1) is 0 Å². The van der Waals surface area contributed by atoms with Gasteiger partial charge >= 0.3 is 6.18 Å². The fourth-order valence-electron chi connectivity index (χ4n) is 4.16. The topological polar surface area (TPSA) is 83.4 Å². The maximum atomic E-state index is 13.1. The van der Waals surface area contributed by atoms with E-state index in [0.29, 0.717) is 56.2 Å². The van der Waals surface area contributed by atoms with Crippen LogP contribution in [-0.4, -0.2) is 46.4 Å². The Morgan fingerprint density at radius 3 is 2.53 bits per heavy atom. The Morgan fingerprint density at radius 2 is 1.82 bits per heavy atom. The molecule has 0 spiro atoms. The molecule has 2 N–H and O–H groups in total. The van der Waals surface area contributed by atoms with Crippen LogP contribution in [0.3, 0.4) is 0 Å². The number of ether oxygens (including phenoxy) is 1. The van der Waals surface area contributed by atoms with E-state index in [-0.39, 0.29) is 5.95 Å². The molecule has 0 bridgehead atoms. The number of hydrogen-bond donors (Lipinski definition) is 2. The lowest BCUT2D eigenvalue weighted by molar-refractivity contribution is -0.141. The Hall–Kier alpha value is -3.24. The maximum absolute atomic E-state index is 13.1. The molecule has 1 aliphatic heterocycles. The van der Waals surface area contributed by atoms with Gasteiger partial charge in [0.1, 0.15) is 11.3 Å². The maximum Gasteiger partial charge on any atom is 0.433 e. The van der Waals surface area contributed by atoms with Gasteiger partial charge in [-0.3, -0.25) is 0 Å². The number of nitrogens with zero attached hydrogens (tertiary/aromatic N) is 4. The summed E-state index contributed by atoms with van der Waals surface area (Å²) in [6.07, 6.45) is -1.17. The van der Waals surface area contributed by atoms with Crippen LogP contribution < -0.4 is 10.2 Å². The van der Waals surface area contributed by atoms with E-state index in [1.165, 1.54) is 0 Å². The van der Waals surface area contributed by atoms with Gasteiger partial charge in [0.2, 0.25) is 5.95 Å². The number of anilines is 3. The van der Waals surface area contributed by atoms with Crippen LogP contribution in [0.2, 0.25) is 0 Å². The summed E-state index contributed by atoms with van der Waals surface area (Å²) in [7, 11) is 0. The number of nitrogens with one attached hydrogen (secondary N) is 1. The van der Waals surface area contributed by atoms with E-state index in [0.717, 1.165) is 29.9 Å². The molecule has 0 radical (unpaired) electrons. The van der Waals surface area contributed by atoms with Crippen LogP contribution in [0.4, 0.5) is 30.5 Å². The normalized spacial score (nSPS) is 17.8. The van der Waals surface area contributed by atoms with Crippen LogP contribution in [0.5, 0.6) is 0 Å². The highest BCUT2D eigenvalue weighted by Crippen LogP contribution is 2.41. The Labute approximate surface area is 194 Å². The van der Waals surface area contributed by atoms with E-state index >= 15 is 0 Å². The molecule has 7 nitrogen and oxygen atoms in total. The first kappa shape index (κ1) is 22.5. The number of rotatable bonds is 5. The van der Waals surface area contributed by atoms with Crippen molar-refractivity contribution in [2.24, 2.45) is 0 Å². The highest BCUT2D eigenvalue weighted by atomic mass is 19.4. The van der Waals surface area contributed by atoms with Crippen molar-refractivity contribution in [2.75, 3.05) is 36.5 Å². The van der Waals surface area contributed by atoms with Crippen molar-refractivity contribution in [1.29, 1.82) is 0 Å². The van der Waals surface area contributed by atoms with Gasteiger partial charge in [0.25, 0.3) is 0 Å². The van der Waals surface area contributed by atoms with Crippen molar-refractivity contribution in [1.82, 2.24) is 15.0 Å². The van der Waals surface area contributed by atoms with Crippen LogP contribution in [0.15, 0.2) is 48.7 Å². The zero-order valence-electron chi connectivity index (χ0n) is 18.3. The molecule has 34 heavy (non-hydrogen) atoms. The Balaban J connectivity index is 1.52. The molecule has 1 aliphatic carbocycles. The summed E-state index contributed by atoms with van der Waals surface area (Å²) in [4.78, 5) is 14.4. The Kier molecular flexibility index (Phi) is 5.86. The molecule has 0 atom stereocenters. The van der Waals surface area contributed by atoms with E-state index in [1.54, 1.807) is 6.07 Å². The summed E-state index contributed by atoms with van der Waals surface area (Å²) < 4.78 is 44.8. The fraction of sp³-hybridized carbons (Fsp3) is 0.375. The minimum Gasteiger partial charge on any atom is -0.384 e. The van der Waals surface area contributed by atoms with Crippen molar-refractivity contribution in [2.45, 2.75) is 31.0 Å². The summed E-state index contributed by atoms with van der Waals surface area (Å²) in [6.45, 7) is 2.56. The second-order valence-electron chi connectivity index (χ2n) is 8.55. The van der Waals surface area contributed by atoms with E-state index in [2.05, 4.69) is 20.2 Å². The first-order valence-electron chi connectivity index (χ1n) is 11.2. The predicted octanol–water partition coefficient (Wildman–Crippen LogP) is 4.51. The lowest BCUT2D eigenvalue weighted by atomic mass is 9.77. The van der Waals surface area contributed by atoms with Crippen LogP contribution in [0.1, 0.15) is 30.7 Å². The van der Waals surface area contributed by atoms with Crippen molar-refractivity contribution < 1.29 is 23.0 Å². The molecule has 1 saturated heterocycles. The van der Waals surface area contributed by atoms with Crippen molar-refractivity contribution in [3.05, 3.63) is 60.0 Å². The average Bonchev–Trinajstić information content (AvgIpc) is 2.82. The van der Waals surface area contributed by atoms with E-state index in [4.69, 9.17) is 9.72 Å². The van der Waals surface area contributed by atoms with Crippen LogP contribution >= 0.6 is 0 Å². The van der Waals surface area contributed by atoms with Gasteiger partial charge in [0, 0.05) is 36.2 Å². The van der Waals surface area contributed by atoms with E-state index in [1.807, 2.05) is 30.3 Å². The van der Waals surface area contributed by atoms with Crippen molar-refractivity contribution >= 4 is 17.3 Å². The molecule has 178 valence electrons. The van der Waals surface area contributed by atoms with E-state index in [9.17, 15) is 18.3 Å².